The first kappa shape index (κ1) is 17.6. The average molecular weight is 390 g/mol. The van der Waals surface area contributed by atoms with E-state index in [-0.39, 0.29) is 11.9 Å². The molecule has 1 unspecified atom stereocenters. The fraction of sp³-hybridized carbons (Fsp3) is 0.350. The van der Waals surface area contributed by atoms with E-state index < -0.39 is 0 Å². The van der Waals surface area contributed by atoms with E-state index in [0.717, 1.165) is 41.3 Å². The van der Waals surface area contributed by atoms with Crippen LogP contribution >= 0.6 is 23.4 Å². The zero-order chi connectivity index (χ0) is 17.9. The molecule has 1 fully saturated rings. The van der Waals surface area contributed by atoms with Crippen LogP contribution in [0.2, 0.25) is 5.02 Å². The van der Waals surface area contributed by atoms with E-state index in [1.807, 2.05) is 47.4 Å². The van der Waals surface area contributed by atoms with Gasteiger partial charge in [0.05, 0.1) is 16.8 Å². The van der Waals surface area contributed by atoms with Gasteiger partial charge >= 0.3 is 0 Å². The van der Waals surface area contributed by atoms with Crippen LogP contribution in [0.1, 0.15) is 24.4 Å². The number of carbonyl (C=O) groups excluding carboxylic acids is 1. The summed E-state index contributed by atoms with van der Waals surface area (Å²) < 4.78 is 11.3. The molecule has 0 bridgehead atoms. The second-order valence-electron chi connectivity index (χ2n) is 6.37. The number of ether oxygens (including phenoxy) is 2. The van der Waals surface area contributed by atoms with Crippen LogP contribution in [0.4, 0.5) is 0 Å². The van der Waals surface area contributed by atoms with Crippen LogP contribution in [0.3, 0.4) is 0 Å². The molecule has 0 N–H and O–H groups in total. The Morgan fingerprint density at radius 2 is 1.96 bits per heavy atom. The van der Waals surface area contributed by atoms with Crippen LogP contribution < -0.4 is 9.47 Å². The van der Waals surface area contributed by atoms with Gasteiger partial charge in [-0.05, 0) is 42.7 Å². The van der Waals surface area contributed by atoms with E-state index in [1.54, 1.807) is 0 Å². The van der Waals surface area contributed by atoms with Crippen molar-refractivity contribution in [3.63, 3.8) is 0 Å². The van der Waals surface area contributed by atoms with Gasteiger partial charge in [-0.3, -0.25) is 4.79 Å². The second-order valence-corrected chi connectivity index (χ2v) is 7.79. The standard InChI is InChI=1S/C20H20ClNO3S/c21-15-4-1-2-6-19(15)26-13-20(23)22-9-3-5-16(22)14-7-8-17-18(12-14)25-11-10-24-17/h1-2,4,6-8,12,16H,3,5,9-11,13H2. The van der Waals surface area contributed by atoms with E-state index in [0.29, 0.717) is 24.0 Å². The van der Waals surface area contributed by atoms with Crippen LogP contribution in [0.5, 0.6) is 11.5 Å². The topological polar surface area (TPSA) is 38.8 Å². The highest BCUT2D eigenvalue weighted by Crippen LogP contribution is 2.38. The maximum absolute atomic E-state index is 12.8. The minimum absolute atomic E-state index is 0.102. The smallest absolute Gasteiger partial charge is 0.233 e. The Bertz CT molecular complexity index is 813. The fourth-order valence-corrected chi connectivity index (χ4v) is 4.59. The predicted octanol–water partition coefficient (Wildman–Crippen LogP) is 4.57. The van der Waals surface area contributed by atoms with Crippen molar-refractivity contribution in [2.75, 3.05) is 25.5 Å². The number of nitrogens with zero attached hydrogens (tertiary/aromatic N) is 1. The molecule has 1 atom stereocenters. The minimum atomic E-state index is 0.102. The first-order chi connectivity index (χ1) is 12.7. The van der Waals surface area contributed by atoms with E-state index in [4.69, 9.17) is 21.1 Å². The zero-order valence-electron chi connectivity index (χ0n) is 14.3. The number of hydrogen-bond acceptors (Lipinski definition) is 4. The summed E-state index contributed by atoms with van der Waals surface area (Å²) in [5, 5.41) is 0.690. The molecule has 136 valence electrons. The molecule has 0 aliphatic carbocycles. The van der Waals surface area contributed by atoms with Gasteiger partial charge < -0.3 is 14.4 Å². The van der Waals surface area contributed by atoms with Crippen molar-refractivity contribution in [3.05, 3.63) is 53.1 Å². The van der Waals surface area contributed by atoms with Crippen molar-refractivity contribution >= 4 is 29.3 Å². The Balaban J connectivity index is 1.46. The van der Waals surface area contributed by atoms with E-state index >= 15 is 0 Å². The molecule has 0 radical (unpaired) electrons. The summed E-state index contributed by atoms with van der Waals surface area (Å²) in [5.74, 6) is 2.10. The van der Waals surface area contributed by atoms with Crippen LogP contribution in [0.15, 0.2) is 47.4 Å². The molecule has 2 aliphatic heterocycles. The number of carbonyl (C=O) groups is 1. The predicted molar refractivity (Wildman–Crippen MR) is 103 cm³/mol. The van der Waals surface area contributed by atoms with Gasteiger partial charge in [-0.25, -0.2) is 0 Å². The number of halogens is 1. The van der Waals surface area contributed by atoms with E-state index in [2.05, 4.69) is 0 Å². The van der Waals surface area contributed by atoms with Crippen molar-refractivity contribution in [3.8, 4) is 11.5 Å². The van der Waals surface area contributed by atoms with Crippen LogP contribution in [-0.4, -0.2) is 36.3 Å². The molecule has 4 nitrogen and oxygen atoms in total. The average Bonchev–Trinajstić information content (AvgIpc) is 3.17. The molecule has 0 saturated carbocycles. The van der Waals surface area contributed by atoms with Gasteiger partial charge in [-0.2, -0.15) is 0 Å². The highest BCUT2D eigenvalue weighted by atomic mass is 35.5. The maximum atomic E-state index is 12.8. The summed E-state index contributed by atoms with van der Waals surface area (Å²) in [7, 11) is 0. The van der Waals surface area contributed by atoms with Crippen LogP contribution in [0, 0.1) is 0 Å². The van der Waals surface area contributed by atoms with Gasteiger partial charge in [0.1, 0.15) is 13.2 Å². The summed E-state index contributed by atoms with van der Waals surface area (Å²) in [6.07, 6.45) is 1.99. The Hall–Kier alpha value is -1.85. The molecule has 4 rings (SSSR count). The molecule has 0 aromatic heterocycles. The van der Waals surface area contributed by atoms with Gasteiger partial charge in [0, 0.05) is 11.4 Å². The first-order valence-corrected chi connectivity index (χ1v) is 10.1. The molecule has 2 aliphatic rings. The molecule has 0 spiro atoms. The molecule has 2 aromatic carbocycles. The number of benzene rings is 2. The zero-order valence-corrected chi connectivity index (χ0v) is 15.9. The van der Waals surface area contributed by atoms with Gasteiger partial charge in [0.25, 0.3) is 0 Å². The van der Waals surface area contributed by atoms with Gasteiger partial charge in [0.2, 0.25) is 5.91 Å². The lowest BCUT2D eigenvalue weighted by Crippen LogP contribution is -2.32. The highest BCUT2D eigenvalue weighted by Gasteiger charge is 2.30. The number of likely N-dealkylation sites (tertiary alicyclic amines) is 1. The molecule has 1 saturated heterocycles. The third kappa shape index (κ3) is 3.64. The molecule has 6 heteroatoms. The Kier molecular flexibility index (Phi) is 5.27. The Morgan fingerprint density at radius 3 is 2.81 bits per heavy atom. The minimum Gasteiger partial charge on any atom is -0.486 e. The third-order valence-corrected chi connectivity index (χ3v) is 6.21. The number of fused-ring (bicyclic) bond motifs is 1. The van der Waals surface area contributed by atoms with Crippen molar-refractivity contribution in [2.24, 2.45) is 0 Å². The lowest BCUT2D eigenvalue weighted by molar-refractivity contribution is -0.129. The Labute approximate surface area is 162 Å². The SMILES string of the molecule is O=C(CSc1ccccc1Cl)N1CCCC1c1ccc2c(c1)OCCO2. The lowest BCUT2D eigenvalue weighted by atomic mass is 10.0. The third-order valence-electron chi connectivity index (χ3n) is 4.71. The molecule has 2 aromatic rings. The fourth-order valence-electron chi connectivity index (χ4n) is 3.46. The van der Waals surface area contributed by atoms with Crippen molar-refractivity contribution in [2.45, 2.75) is 23.8 Å². The van der Waals surface area contributed by atoms with Crippen LogP contribution in [-0.2, 0) is 4.79 Å². The van der Waals surface area contributed by atoms with Crippen molar-refractivity contribution in [1.29, 1.82) is 0 Å². The van der Waals surface area contributed by atoms with Crippen molar-refractivity contribution < 1.29 is 14.3 Å². The molecular formula is C20H20ClNO3S. The summed E-state index contributed by atoms with van der Waals surface area (Å²) in [4.78, 5) is 15.7. The second kappa shape index (κ2) is 7.80. The van der Waals surface area contributed by atoms with E-state index in [9.17, 15) is 4.79 Å². The summed E-state index contributed by atoms with van der Waals surface area (Å²) in [6, 6.07) is 13.7. The number of thioether (sulfide) groups is 1. The summed E-state index contributed by atoms with van der Waals surface area (Å²) >= 11 is 7.68. The normalized spacial score (nSPS) is 18.8. The van der Waals surface area contributed by atoms with E-state index in [1.165, 1.54) is 11.8 Å². The first-order valence-electron chi connectivity index (χ1n) is 8.79. The van der Waals surface area contributed by atoms with Crippen LogP contribution in [0.25, 0.3) is 0 Å². The largest absolute Gasteiger partial charge is 0.486 e. The van der Waals surface area contributed by atoms with Gasteiger partial charge in [0.15, 0.2) is 11.5 Å². The van der Waals surface area contributed by atoms with Gasteiger partial charge in [-0.1, -0.05) is 29.8 Å². The summed E-state index contributed by atoms with van der Waals surface area (Å²) in [5.41, 5.74) is 1.11. The lowest BCUT2D eigenvalue weighted by Gasteiger charge is -2.26. The number of rotatable bonds is 4. The number of amides is 1. The molecule has 1 amide bonds. The Morgan fingerprint density at radius 1 is 1.15 bits per heavy atom. The monoisotopic (exact) mass is 389 g/mol. The number of hydrogen-bond donors (Lipinski definition) is 0. The van der Waals surface area contributed by atoms with Gasteiger partial charge in [-0.15, -0.1) is 11.8 Å². The highest BCUT2D eigenvalue weighted by molar-refractivity contribution is 8.00. The summed E-state index contributed by atoms with van der Waals surface area (Å²) in [6.45, 7) is 1.94. The quantitative estimate of drug-likeness (QED) is 0.718. The maximum Gasteiger partial charge on any atom is 0.233 e. The molecular weight excluding hydrogens is 370 g/mol. The van der Waals surface area contributed by atoms with Crippen molar-refractivity contribution in [1.82, 2.24) is 4.90 Å². The molecule has 2 heterocycles. The molecule has 26 heavy (non-hydrogen) atoms.